The van der Waals surface area contributed by atoms with Crippen molar-refractivity contribution in [2.24, 2.45) is 5.10 Å². The molecule has 0 bridgehead atoms. The highest BCUT2D eigenvalue weighted by atomic mass is 16.5. The summed E-state index contributed by atoms with van der Waals surface area (Å²) in [6, 6.07) is 22.2. The number of aryl methyl sites for hydroxylation is 1. The van der Waals surface area contributed by atoms with Gasteiger partial charge < -0.3 is 15.4 Å². The van der Waals surface area contributed by atoms with E-state index in [0.717, 1.165) is 16.8 Å². The van der Waals surface area contributed by atoms with Crippen molar-refractivity contribution < 1.29 is 19.1 Å². The van der Waals surface area contributed by atoms with Gasteiger partial charge >= 0.3 is 11.8 Å². The average Bonchev–Trinajstić information content (AvgIpc) is 2.88. The third-order valence-electron chi connectivity index (χ3n) is 5.35. The second-order valence-corrected chi connectivity index (χ2v) is 8.50. The van der Waals surface area contributed by atoms with E-state index in [0.29, 0.717) is 17.2 Å². The Labute approximate surface area is 210 Å². The van der Waals surface area contributed by atoms with Crippen LogP contribution in [0.3, 0.4) is 0 Å². The zero-order chi connectivity index (χ0) is 25.9. The second-order valence-electron chi connectivity index (χ2n) is 8.50. The molecule has 36 heavy (non-hydrogen) atoms. The molecule has 0 fully saturated rings. The number of carbonyl (C=O) groups excluding carboxylic acids is 3. The Balaban J connectivity index is 1.39. The molecule has 0 unspecified atom stereocenters. The van der Waals surface area contributed by atoms with E-state index in [1.807, 2.05) is 55.5 Å². The molecule has 0 aliphatic heterocycles. The van der Waals surface area contributed by atoms with E-state index in [1.165, 1.54) is 11.8 Å². The van der Waals surface area contributed by atoms with Crippen molar-refractivity contribution in [2.75, 3.05) is 11.9 Å². The van der Waals surface area contributed by atoms with Crippen molar-refractivity contribution in [3.63, 3.8) is 0 Å². The summed E-state index contributed by atoms with van der Waals surface area (Å²) in [7, 11) is 0. The summed E-state index contributed by atoms with van der Waals surface area (Å²) in [5, 5.41) is 9.19. The van der Waals surface area contributed by atoms with E-state index >= 15 is 0 Å². The van der Waals surface area contributed by atoms with E-state index in [2.05, 4.69) is 35.0 Å². The SMILES string of the molecule is Cc1ccccc1NC(=O)COc1ccc(/C=N\NC(=O)C(=O)NCc2ccc(C(C)C)cc2)cc1. The molecule has 3 amide bonds. The van der Waals surface area contributed by atoms with Crippen LogP contribution in [0.5, 0.6) is 5.75 Å². The number of rotatable bonds is 9. The fraction of sp³-hybridized carbons (Fsp3) is 0.214. The highest BCUT2D eigenvalue weighted by Gasteiger charge is 2.12. The molecule has 0 heterocycles. The maximum Gasteiger partial charge on any atom is 0.329 e. The lowest BCUT2D eigenvalue weighted by atomic mass is 10.0. The molecule has 3 rings (SSSR count). The zero-order valence-corrected chi connectivity index (χ0v) is 20.6. The minimum atomic E-state index is -0.857. The summed E-state index contributed by atoms with van der Waals surface area (Å²) in [5.74, 6) is -0.949. The van der Waals surface area contributed by atoms with Gasteiger partial charge in [0.15, 0.2) is 6.61 Å². The van der Waals surface area contributed by atoms with Gasteiger partial charge in [-0.2, -0.15) is 5.10 Å². The van der Waals surface area contributed by atoms with Crippen LogP contribution in [0.15, 0.2) is 77.9 Å². The van der Waals surface area contributed by atoms with E-state index in [-0.39, 0.29) is 19.1 Å². The molecule has 8 nitrogen and oxygen atoms in total. The average molecular weight is 487 g/mol. The Morgan fingerprint density at radius 3 is 2.28 bits per heavy atom. The summed E-state index contributed by atoms with van der Waals surface area (Å²) in [4.78, 5) is 36.1. The molecular formula is C28H30N4O4. The number of ether oxygens (including phenoxy) is 1. The van der Waals surface area contributed by atoms with Gasteiger partial charge in [-0.15, -0.1) is 0 Å². The number of carbonyl (C=O) groups is 3. The number of hydrazone groups is 1. The Bertz CT molecular complexity index is 1220. The first-order chi connectivity index (χ1) is 17.3. The highest BCUT2D eigenvalue weighted by Crippen LogP contribution is 2.15. The number of hydrogen-bond donors (Lipinski definition) is 3. The van der Waals surface area contributed by atoms with Gasteiger partial charge in [-0.3, -0.25) is 14.4 Å². The molecule has 0 atom stereocenters. The standard InChI is InChI=1S/C28H30N4O4/c1-19(2)23-12-8-21(9-13-23)16-29-27(34)28(35)32-30-17-22-10-14-24(15-11-22)36-18-26(33)31-25-7-5-4-6-20(25)3/h4-15,17,19H,16,18H2,1-3H3,(H,29,34)(H,31,33)(H,32,35)/b30-17-. The van der Waals surface area contributed by atoms with Crippen LogP contribution in [-0.2, 0) is 20.9 Å². The van der Waals surface area contributed by atoms with Crippen LogP contribution in [0.1, 0.15) is 42.0 Å². The van der Waals surface area contributed by atoms with Crippen molar-refractivity contribution >= 4 is 29.6 Å². The van der Waals surface area contributed by atoms with Crippen LogP contribution in [0.4, 0.5) is 5.69 Å². The highest BCUT2D eigenvalue weighted by molar-refractivity contribution is 6.35. The largest absolute Gasteiger partial charge is 0.484 e. The molecule has 0 aliphatic rings. The lowest BCUT2D eigenvalue weighted by Crippen LogP contribution is -2.37. The summed E-state index contributed by atoms with van der Waals surface area (Å²) in [6.07, 6.45) is 1.41. The van der Waals surface area contributed by atoms with Gasteiger partial charge in [0.25, 0.3) is 5.91 Å². The topological polar surface area (TPSA) is 109 Å². The quantitative estimate of drug-likeness (QED) is 0.242. The Morgan fingerprint density at radius 1 is 0.917 bits per heavy atom. The number of amides is 3. The van der Waals surface area contributed by atoms with E-state index < -0.39 is 11.8 Å². The predicted octanol–water partition coefficient (Wildman–Crippen LogP) is 3.90. The molecule has 3 N–H and O–H groups in total. The van der Waals surface area contributed by atoms with Gasteiger partial charge in [0, 0.05) is 12.2 Å². The Morgan fingerprint density at radius 2 is 1.61 bits per heavy atom. The monoisotopic (exact) mass is 486 g/mol. The fourth-order valence-electron chi connectivity index (χ4n) is 3.20. The molecule has 0 radical (unpaired) electrons. The minimum Gasteiger partial charge on any atom is -0.484 e. The number of nitrogens with zero attached hydrogens (tertiary/aromatic N) is 1. The van der Waals surface area contributed by atoms with Gasteiger partial charge in [0.2, 0.25) is 0 Å². The lowest BCUT2D eigenvalue weighted by Gasteiger charge is -2.09. The molecule has 0 aliphatic carbocycles. The van der Waals surface area contributed by atoms with Gasteiger partial charge in [-0.05, 0) is 65.4 Å². The number of para-hydroxylation sites is 1. The fourth-order valence-corrected chi connectivity index (χ4v) is 3.20. The van der Waals surface area contributed by atoms with Gasteiger partial charge in [0.05, 0.1) is 6.21 Å². The van der Waals surface area contributed by atoms with Gasteiger partial charge in [-0.1, -0.05) is 56.3 Å². The van der Waals surface area contributed by atoms with E-state index in [9.17, 15) is 14.4 Å². The molecule has 0 aromatic heterocycles. The van der Waals surface area contributed by atoms with Crippen molar-refractivity contribution in [1.29, 1.82) is 0 Å². The molecule has 0 spiro atoms. The predicted molar refractivity (Wildman–Crippen MR) is 140 cm³/mol. The molecule has 8 heteroatoms. The summed E-state index contributed by atoms with van der Waals surface area (Å²) in [6.45, 7) is 6.25. The van der Waals surface area contributed by atoms with Gasteiger partial charge in [-0.25, -0.2) is 5.43 Å². The van der Waals surface area contributed by atoms with Crippen LogP contribution < -0.4 is 20.8 Å². The molecule has 3 aromatic carbocycles. The first-order valence-electron chi connectivity index (χ1n) is 11.6. The number of nitrogens with one attached hydrogen (secondary N) is 3. The first-order valence-corrected chi connectivity index (χ1v) is 11.6. The van der Waals surface area contributed by atoms with Crippen molar-refractivity contribution in [3.05, 3.63) is 95.1 Å². The van der Waals surface area contributed by atoms with Crippen molar-refractivity contribution in [2.45, 2.75) is 33.2 Å². The molecule has 0 saturated heterocycles. The lowest BCUT2D eigenvalue weighted by molar-refractivity contribution is -0.139. The molecule has 0 saturated carbocycles. The first kappa shape index (κ1) is 26.2. The van der Waals surface area contributed by atoms with Crippen LogP contribution >= 0.6 is 0 Å². The smallest absolute Gasteiger partial charge is 0.329 e. The third-order valence-corrected chi connectivity index (χ3v) is 5.35. The molecule has 3 aromatic rings. The Hall–Kier alpha value is -4.46. The van der Waals surface area contributed by atoms with Crippen LogP contribution in [0.25, 0.3) is 0 Å². The van der Waals surface area contributed by atoms with Crippen LogP contribution in [0.2, 0.25) is 0 Å². The van der Waals surface area contributed by atoms with Gasteiger partial charge in [0.1, 0.15) is 5.75 Å². The Kier molecular flexibility index (Phi) is 9.33. The number of anilines is 1. The summed E-state index contributed by atoms with van der Waals surface area (Å²) < 4.78 is 5.51. The van der Waals surface area contributed by atoms with Crippen LogP contribution in [0, 0.1) is 6.92 Å². The second kappa shape index (κ2) is 12.9. The molecular weight excluding hydrogens is 456 g/mol. The summed E-state index contributed by atoms with van der Waals surface area (Å²) in [5.41, 5.74) is 6.71. The van der Waals surface area contributed by atoms with Crippen molar-refractivity contribution in [1.82, 2.24) is 10.7 Å². The number of benzene rings is 3. The van der Waals surface area contributed by atoms with Crippen molar-refractivity contribution in [3.8, 4) is 5.75 Å². The van der Waals surface area contributed by atoms with E-state index in [4.69, 9.17) is 4.74 Å². The molecule has 186 valence electrons. The van der Waals surface area contributed by atoms with Crippen LogP contribution in [-0.4, -0.2) is 30.5 Å². The number of hydrogen-bond acceptors (Lipinski definition) is 5. The minimum absolute atomic E-state index is 0.130. The normalized spacial score (nSPS) is 10.8. The summed E-state index contributed by atoms with van der Waals surface area (Å²) >= 11 is 0. The maximum atomic E-state index is 12.1. The van der Waals surface area contributed by atoms with E-state index in [1.54, 1.807) is 24.3 Å². The third kappa shape index (κ3) is 8.09. The zero-order valence-electron chi connectivity index (χ0n) is 20.6. The maximum absolute atomic E-state index is 12.1.